The molecule has 0 aliphatic heterocycles. The highest BCUT2D eigenvalue weighted by molar-refractivity contribution is 5.82. The number of likely N-dealkylation sites (N-methyl/N-ethyl adjacent to an activating group) is 1. The third-order valence-electron chi connectivity index (χ3n) is 3.61. The molecule has 1 atom stereocenters. The molecule has 1 saturated carbocycles. The van der Waals surface area contributed by atoms with E-state index in [9.17, 15) is 4.79 Å². The van der Waals surface area contributed by atoms with Gasteiger partial charge in [0.15, 0.2) is 0 Å². The third-order valence-corrected chi connectivity index (χ3v) is 3.61. The largest absolute Gasteiger partial charge is 0.468 e. The van der Waals surface area contributed by atoms with Crippen LogP contribution in [0.2, 0.25) is 0 Å². The monoisotopic (exact) mass is 289 g/mol. The van der Waals surface area contributed by atoms with Crippen LogP contribution in [0.4, 0.5) is 0 Å². The van der Waals surface area contributed by atoms with E-state index in [1.54, 1.807) is 14.2 Å². The van der Waals surface area contributed by atoms with Crippen LogP contribution in [-0.4, -0.2) is 65.8 Å². The minimum atomic E-state index is -0.689. The molecule has 118 valence electrons. The Hall–Kier alpha value is -0.690. The van der Waals surface area contributed by atoms with Crippen molar-refractivity contribution in [3.05, 3.63) is 0 Å². The van der Waals surface area contributed by atoms with Gasteiger partial charge in [0.2, 0.25) is 0 Å². The molecule has 6 nitrogen and oxygen atoms in total. The molecule has 0 aromatic rings. The molecule has 1 fully saturated rings. The average molecular weight is 289 g/mol. The summed E-state index contributed by atoms with van der Waals surface area (Å²) >= 11 is 0. The summed E-state index contributed by atoms with van der Waals surface area (Å²) in [6.45, 7) is 2.76. The number of rotatable bonds is 12. The zero-order valence-electron chi connectivity index (χ0n) is 12.8. The van der Waals surface area contributed by atoms with E-state index in [1.165, 1.54) is 7.11 Å². The van der Waals surface area contributed by atoms with E-state index < -0.39 is 5.54 Å². The van der Waals surface area contributed by atoms with E-state index in [2.05, 4.69) is 5.32 Å². The Bertz CT molecular complexity index is 283. The molecule has 0 aromatic heterocycles. The molecule has 0 saturated heterocycles. The summed E-state index contributed by atoms with van der Waals surface area (Å²) in [7, 11) is 4.85. The zero-order valence-corrected chi connectivity index (χ0v) is 12.8. The van der Waals surface area contributed by atoms with E-state index in [0.29, 0.717) is 39.0 Å². The Labute approximate surface area is 121 Å². The number of carbonyl (C=O) groups excluding carboxylic acids is 1. The lowest BCUT2D eigenvalue weighted by Crippen LogP contribution is -2.56. The topological polar surface area (TPSA) is 66.0 Å². The first kappa shape index (κ1) is 17.4. The van der Waals surface area contributed by atoms with E-state index in [4.69, 9.17) is 18.9 Å². The summed E-state index contributed by atoms with van der Waals surface area (Å²) in [5.74, 6) is 0.0803. The SMILES string of the molecule is CNC(COCCCOCCOC)(C(=O)OC)C1CC1. The minimum Gasteiger partial charge on any atom is -0.468 e. The minimum absolute atomic E-state index is 0.237. The van der Waals surface area contributed by atoms with Crippen molar-refractivity contribution in [1.29, 1.82) is 0 Å². The van der Waals surface area contributed by atoms with Gasteiger partial charge < -0.3 is 24.3 Å². The standard InChI is InChI=1S/C14H27NO5/c1-15-14(12-5-6-12,13(16)18-3)11-20-8-4-7-19-10-9-17-2/h12,15H,4-11H2,1-3H3. The fourth-order valence-corrected chi connectivity index (χ4v) is 2.22. The first-order chi connectivity index (χ1) is 9.71. The Kier molecular flexibility index (Phi) is 8.06. The third kappa shape index (κ3) is 5.01. The van der Waals surface area contributed by atoms with Crippen molar-refractivity contribution in [3.63, 3.8) is 0 Å². The molecule has 1 aliphatic rings. The molecule has 1 aliphatic carbocycles. The Morgan fingerprint density at radius 2 is 1.85 bits per heavy atom. The highest BCUT2D eigenvalue weighted by atomic mass is 16.5. The van der Waals surface area contributed by atoms with Gasteiger partial charge in [0, 0.05) is 20.3 Å². The van der Waals surface area contributed by atoms with Gasteiger partial charge in [-0.2, -0.15) is 0 Å². The summed E-state index contributed by atoms with van der Waals surface area (Å²) in [6.07, 6.45) is 2.88. The normalized spacial score (nSPS) is 17.8. The molecule has 1 rings (SSSR count). The second kappa shape index (κ2) is 9.28. The van der Waals surface area contributed by atoms with Crippen LogP contribution in [0, 0.1) is 5.92 Å². The molecule has 0 amide bonds. The summed E-state index contributed by atoms with van der Waals surface area (Å²) < 4.78 is 20.8. The van der Waals surface area contributed by atoms with Gasteiger partial charge in [-0.15, -0.1) is 0 Å². The molecule has 1 unspecified atom stereocenters. The maximum Gasteiger partial charge on any atom is 0.328 e. The molecule has 0 spiro atoms. The summed E-state index contributed by atoms with van der Waals surface area (Å²) in [5.41, 5.74) is -0.689. The second-order valence-corrected chi connectivity index (χ2v) is 5.00. The molecule has 0 aromatic carbocycles. The van der Waals surface area contributed by atoms with Crippen LogP contribution in [0.5, 0.6) is 0 Å². The smallest absolute Gasteiger partial charge is 0.328 e. The average Bonchev–Trinajstić information content (AvgIpc) is 3.30. The Balaban J connectivity index is 2.21. The van der Waals surface area contributed by atoms with E-state index in [0.717, 1.165) is 19.3 Å². The Morgan fingerprint density at radius 3 is 2.40 bits per heavy atom. The van der Waals surface area contributed by atoms with Gasteiger partial charge in [0.05, 0.1) is 26.9 Å². The number of carbonyl (C=O) groups is 1. The Morgan fingerprint density at radius 1 is 1.15 bits per heavy atom. The number of nitrogens with one attached hydrogen (secondary N) is 1. The first-order valence-corrected chi connectivity index (χ1v) is 7.13. The molecule has 0 bridgehead atoms. The van der Waals surface area contributed by atoms with Crippen LogP contribution in [0.15, 0.2) is 0 Å². The molecular weight excluding hydrogens is 262 g/mol. The van der Waals surface area contributed by atoms with Crippen LogP contribution in [0.25, 0.3) is 0 Å². The van der Waals surface area contributed by atoms with Crippen LogP contribution in [0.1, 0.15) is 19.3 Å². The van der Waals surface area contributed by atoms with Gasteiger partial charge in [0.25, 0.3) is 0 Å². The lowest BCUT2D eigenvalue weighted by atomic mass is 9.94. The van der Waals surface area contributed by atoms with Gasteiger partial charge in [-0.05, 0) is 32.2 Å². The van der Waals surface area contributed by atoms with Crippen LogP contribution in [-0.2, 0) is 23.7 Å². The van der Waals surface area contributed by atoms with Crippen LogP contribution < -0.4 is 5.32 Å². The van der Waals surface area contributed by atoms with Crippen molar-refractivity contribution in [1.82, 2.24) is 5.32 Å². The van der Waals surface area contributed by atoms with Gasteiger partial charge in [-0.1, -0.05) is 0 Å². The van der Waals surface area contributed by atoms with Gasteiger partial charge in [0.1, 0.15) is 5.54 Å². The predicted molar refractivity (Wildman–Crippen MR) is 74.7 cm³/mol. The van der Waals surface area contributed by atoms with Gasteiger partial charge >= 0.3 is 5.97 Å². The van der Waals surface area contributed by atoms with Crippen molar-refractivity contribution in [2.75, 3.05) is 54.3 Å². The van der Waals surface area contributed by atoms with E-state index in [1.807, 2.05) is 0 Å². The predicted octanol–water partition coefficient (Wildman–Crippen LogP) is 0.597. The molecule has 1 N–H and O–H groups in total. The molecule has 0 heterocycles. The van der Waals surface area contributed by atoms with Crippen molar-refractivity contribution in [2.45, 2.75) is 24.8 Å². The van der Waals surface area contributed by atoms with Gasteiger partial charge in [-0.25, -0.2) is 4.79 Å². The number of esters is 1. The van der Waals surface area contributed by atoms with Crippen LogP contribution in [0.3, 0.4) is 0 Å². The quantitative estimate of drug-likeness (QED) is 0.419. The van der Waals surface area contributed by atoms with Crippen LogP contribution >= 0.6 is 0 Å². The molecular formula is C14H27NO5. The molecule has 20 heavy (non-hydrogen) atoms. The summed E-state index contributed by atoms with van der Waals surface area (Å²) in [5, 5.41) is 3.10. The maximum absolute atomic E-state index is 12.0. The highest BCUT2D eigenvalue weighted by Gasteiger charge is 2.51. The lowest BCUT2D eigenvalue weighted by molar-refractivity contribution is -0.152. The van der Waals surface area contributed by atoms with Gasteiger partial charge in [-0.3, -0.25) is 0 Å². The first-order valence-electron chi connectivity index (χ1n) is 7.13. The fraction of sp³-hybridized carbons (Fsp3) is 0.929. The van der Waals surface area contributed by atoms with Crippen molar-refractivity contribution < 1.29 is 23.7 Å². The molecule has 6 heteroatoms. The lowest BCUT2D eigenvalue weighted by Gasteiger charge is -2.30. The van der Waals surface area contributed by atoms with Crippen molar-refractivity contribution >= 4 is 5.97 Å². The van der Waals surface area contributed by atoms with Crippen molar-refractivity contribution in [2.24, 2.45) is 5.92 Å². The fourth-order valence-electron chi connectivity index (χ4n) is 2.22. The number of hydrogen-bond donors (Lipinski definition) is 1. The summed E-state index contributed by atoms with van der Waals surface area (Å²) in [4.78, 5) is 12.0. The molecule has 0 radical (unpaired) electrons. The number of hydrogen-bond acceptors (Lipinski definition) is 6. The summed E-state index contributed by atoms with van der Waals surface area (Å²) in [6, 6.07) is 0. The zero-order chi connectivity index (χ0) is 14.8. The highest BCUT2D eigenvalue weighted by Crippen LogP contribution is 2.40. The van der Waals surface area contributed by atoms with Crippen molar-refractivity contribution in [3.8, 4) is 0 Å². The van der Waals surface area contributed by atoms with E-state index >= 15 is 0 Å². The number of ether oxygens (including phenoxy) is 4. The van der Waals surface area contributed by atoms with E-state index in [-0.39, 0.29) is 5.97 Å². The second-order valence-electron chi connectivity index (χ2n) is 5.00. The maximum atomic E-state index is 12.0. The number of methoxy groups -OCH3 is 2.